The van der Waals surface area contributed by atoms with Crippen LogP contribution in [0.5, 0.6) is 5.75 Å². The van der Waals surface area contributed by atoms with Crippen molar-refractivity contribution >= 4 is 29.5 Å². The predicted octanol–water partition coefficient (Wildman–Crippen LogP) is -7.15. The van der Waals surface area contributed by atoms with E-state index >= 15 is 0 Å². The maximum atomic E-state index is 14.0. The number of ether oxygens (including phenoxy) is 12. The maximum absolute atomic E-state index is 14.0. The summed E-state index contributed by atoms with van der Waals surface area (Å²) in [6.07, 6.45) is -34.9. The highest BCUT2D eigenvalue weighted by Crippen LogP contribution is 2.37. The Morgan fingerprint density at radius 1 is 0.418 bits per heavy atom. The molecule has 6 heterocycles. The molecule has 6 fully saturated rings. The number of rotatable bonds is 32. The number of aliphatic hydroxyl groups excluding tert-OH is 14. The van der Waals surface area contributed by atoms with Crippen LogP contribution in [-0.4, -0.2) is 325 Å². The molecule has 1 aromatic rings. The Balaban J connectivity index is 1.07. The zero-order valence-corrected chi connectivity index (χ0v) is 55.4. The van der Waals surface area contributed by atoms with Crippen molar-refractivity contribution in [1.82, 2.24) is 26.6 Å². The Bertz CT molecular complexity index is 2660. The zero-order chi connectivity index (χ0) is 71.8. The van der Waals surface area contributed by atoms with Crippen molar-refractivity contribution in [2.45, 2.75) is 283 Å². The first-order chi connectivity index (χ1) is 46.7. The lowest BCUT2D eigenvalue weighted by atomic mass is 9.93. The van der Waals surface area contributed by atoms with Crippen LogP contribution < -0.4 is 31.3 Å². The van der Waals surface area contributed by atoms with Gasteiger partial charge in [-0.15, -0.1) is 0 Å². The molecule has 0 aliphatic carbocycles. The highest BCUT2D eigenvalue weighted by molar-refractivity contribution is 5.94. The Labute approximate surface area is 565 Å². The second-order valence-electron chi connectivity index (χ2n) is 25.4. The van der Waals surface area contributed by atoms with Gasteiger partial charge in [0, 0.05) is 33.3 Å². The Hall–Kier alpha value is -4.63. The summed E-state index contributed by atoms with van der Waals surface area (Å²) in [5.41, 5.74) is 0.0594. The topological polar surface area (TPSA) is 539 Å². The summed E-state index contributed by atoms with van der Waals surface area (Å²) in [5, 5.41) is 168. The minimum absolute atomic E-state index is 0.0594. The van der Waals surface area contributed by atoms with E-state index in [1.807, 2.05) is 0 Å². The standard InChI is InChI=1S/C62H101N5O31/c1-7-8-9-10-11-12-13-14-15-19-87-32-18-16-17-31(20-32)56(85)67-39-45(78)44(77)33(21-68)91-58(39)95-52-34(22-69)92-59(40(47(52)80)64-28(4)73)96-53-35(23-70)93-60(41(48(53)81)65-29(5)74)97-54-36(24-71)94-61(42(49(54)82)66-30(6)75)98-55-37(90-57(86)38(46(55)79)63-27(3)72)25-88-62-51(84)50(83)43(76)26(2)89-62/h16-18,20,26,33-55,57-62,68-71,76-84,86H,7-15,19,21-25H2,1-6H3,(H,63,72)(H,64,73)(H,65,74)(H,66,75)(H,67,85)/t26?,33?,34?,35?,36?,37?,38-,39-,40?,41-,42?,43?,44+,45+,46+,47?,48+,49?,50-,51+,52+,53?,54+,55?,57+,58?,59-,60-,61?,62+/m0/s1. The molecule has 7 rings (SSSR count). The van der Waals surface area contributed by atoms with Gasteiger partial charge in [-0.3, -0.25) is 24.0 Å². The summed E-state index contributed by atoms with van der Waals surface area (Å²) in [7, 11) is 0. The van der Waals surface area contributed by atoms with Crippen molar-refractivity contribution in [1.29, 1.82) is 0 Å². The molecule has 0 saturated carbocycles. The second-order valence-corrected chi connectivity index (χ2v) is 25.4. The Morgan fingerprint density at radius 2 is 0.816 bits per heavy atom. The summed E-state index contributed by atoms with van der Waals surface area (Å²) in [6.45, 7) is 3.38. The summed E-state index contributed by atoms with van der Waals surface area (Å²) in [5.74, 6) is -3.68. The van der Waals surface area contributed by atoms with Crippen LogP contribution >= 0.6 is 0 Å². The van der Waals surface area contributed by atoms with Gasteiger partial charge in [0.2, 0.25) is 23.6 Å². The first-order valence-corrected chi connectivity index (χ1v) is 33.2. The molecule has 36 nitrogen and oxygen atoms in total. The lowest BCUT2D eigenvalue weighted by Gasteiger charge is -2.51. The minimum atomic E-state index is -2.07. The summed E-state index contributed by atoms with van der Waals surface area (Å²) >= 11 is 0. The number of hydrogen-bond acceptors (Lipinski definition) is 31. The summed E-state index contributed by atoms with van der Waals surface area (Å²) < 4.78 is 72.0. The molecule has 0 spiro atoms. The molecule has 0 aromatic heterocycles. The van der Waals surface area contributed by atoms with Crippen molar-refractivity contribution < 1.29 is 152 Å². The number of unbranched alkanes of at least 4 members (excludes halogenated alkanes) is 8. The molecule has 1 aromatic carbocycles. The molecule has 0 radical (unpaired) electrons. The fourth-order valence-corrected chi connectivity index (χ4v) is 12.7. The largest absolute Gasteiger partial charge is 0.494 e. The van der Waals surface area contributed by atoms with E-state index in [9.17, 15) is 95.5 Å². The van der Waals surface area contributed by atoms with E-state index in [0.717, 1.165) is 53.4 Å². The van der Waals surface area contributed by atoms with Crippen LogP contribution in [0.4, 0.5) is 0 Å². The zero-order valence-electron chi connectivity index (χ0n) is 55.4. The molecule has 30 atom stereocenters. The van der Waals surface area contributed by atoms with Gasteiger partial charge in [-0.25, -0.2) is 0 Å². The van der Waals surface area contributed by atoms with Gasteiger partial charge in [0.05, 0.1) is 45.7 Å². The van der Waals surface area contributed by atoms with Crippen molar-refractivity contribution in [3.05, 3.63) is 29.8 Å². The highest BCUT2D eigenvalue weighted by atomic mass is 16.8. The molecule has 5 amide bonds. The van der Waals surface area contributed by atoms with Crippen molar-refractivity contribution in [3.8, 4) is 5.75 Å². The van der Waals surface area contributed by atoms with Crippen LogP contribution in [-0.2, 0) is 71.3 Å². The number of aliphatic hydroxyl groups is 14. The van der Waals surface area contributed by atoms with Crippen LogP contribution in [0.1, 0.15) is 110 Å². The van der Waals surface area contributed by atoms with E-state index in [1.165, 1.54) is 51.2 Å². The normalized spacial score (nSPS) is 39.8. The third-order valence-corrected chi connectivity index (χ3v) is 17.9. The fraction of sp³-hybridized carbons (Fsp3) is 0.823. The van der Waals surface area contributed by atoms with Gasteiger partial charge >= 0.3 is 0 Å². The van der Waals surface area contributed by atoms with E-state index in [2.05, 4.69) is 33.5 Å². The van der Waals surface area contributed by atoms with Gasteiger partial charge in [0.25, 0.3) is 5.91 Å². The van der Waals surface area contributed by atoms with E-state index in [-0.39, 0.29) is 5.56 Å². The molecule has 6 aliphatic rings. The minimum Gasteiger partial charge on any atom is -0.494 e. The van der Waals surface area contributed by atoms with Crippen LogP contribution in [0.2, 0.25) is 0 Å². The molecule has 98 heavy (non-hydrogen) atoms. The highest BCUT2D eigenvalue weighted by Gasteiger charge is 2.58. The summed E-state index contributed by atoms with van der Waals surface area (Å²) in [6, 6.07) is -2.45. The third-order valence-electron chi connectivity index (χ3n) is 17.9. The molecule has 36 heteroatoms. The molecule has 6 aliphatic heterocycles. The van der Waals surface area contributed by atoms with Crippen LogP contribution in [0.25, 0.3) is 0 Å². The number of hydrogen-bond donors (Lipinski definition) is 19. The number of carbonyl (C=O) groups excluding carboxylic acids is 5. The molecule has 560 valence electrons. The SMILES string of the molecule is CCCCCCCCCCCOc1cccc(C(=O)N[C@@H]2C(O[C@@H]3C(CO)O[C@@H](OC4C(CO)O[C@@H](O[C@@H]5C(CO)OC(OC6C(CO[C@@H]7OC(C)C(O)[C@H](O)[C@H]7O)O[C@@H](O)[C@@H](NC(C)=O)[C@H]6O)C(NC(C)=O)C5O)[C@@H](NC(C)=O)[C@H]4O)C(NC(C)=O)C3O)OC(CO)[C@@H](O)[C@@H]2O)c1. The average molecular weight is 1410 g/mol. The number of nitrogens with one attached hydrogen (secondary N) is 5. The number of amides is 5. The second kappa shape index (κ2) is 38.0. The smallest absolute Gasteiger partial charge is 0.251 e. The van der Waals surface area contributed by atoms with Crippen LogP contribution in [0.15, 0.2) is 24.3 Å². The van der Waals surface area contributed by atoms with E-state index < -0.39 is 246 Å². The van der Waals surface area contributed by atoms with Crippen LogP contribution in [0.3, 0.4) is 0 Å². The molecule has 0 bridgehead atoms. The quantitative estimate of drug-likeness (QED) is 0.0298. The van der Waals surface area contributed by atoms with Gasteiger partial charge in [-0.05, 0) is 31.5 Å². The maximum Gasteiger partial charge on any atom is 0.251 e. The van der Waals surface area contributed by atoms with Crippen molar-refractivity contribution in [2.24, 2.45) is 0 Å². The Kier molecular flexibility index (Phi) is 31.3. The van der Waals surface area contributed by atoms with Gasteiger partial charge < -0.3 is 155 Å². The molecular weight excluding hydrogens is 1310 g/mol. The lowest BCUT2D eigenvalue weighted by molar-refractivity contribution is -0.368. The van der Waals surface area contributed by atoms with Gasteiger partial charge in [-0.1, -0.05) is 64.4 Å². The van der Waals surface area contributed by atoms with Gasteiger partial charge in [0.15, 0.2) is 37.7 Å². The fourth-order valence-electron chi connectivity index (χ4n) is 12.7. The third kappa shape index (κ3) is 20.6. The number of carbonyl (C=O) groups is 5. The van der Waals surface area contributed by atoms with Gasteiger partial charge in [-0.2, -0.15) is 0 Å². The molecular formula is C62H101N5O31. The first-order valence-electron chi connectivity index (χ1n) is 33.2. The average Bonchev–Trinajstić information content (AvgIpc) is 0.772. The molecule has 15 unspecified atom stereocenters. The molecule has 19 N–H and O–H groups in total. The molecule has 6 saturated heterocycles. The van der Waals surface area contributed by atoms with E-state index in [0.29, 0.717) is 12.4 Å². The van der Waals surface area contributed by atoms with E-state index in [4.69, 9.17) is 56.8 Å². The van der Waals surface area contributed by atoms with Crippen molar-refractivity contribution in [3.63, 3.8) is 0 Å². The van der Waals surface area contributed by atoms with Crippen LogP contribution in [0, 0.1) is 0 Å². The summed E-state index contributed by atoms with van der Waals surface area (Å²) in [4.78, 5) is 65.0. The van der Waals surface area contributed by atoms with E-state index in [1.54, 1.807) is 12.1 Å². The monoisotopic (exact) mass is 1410 g/mol. The number of benzene rings is 1. The Morgan fingerprint density at radius 3 is 1.26 bits per heavy atom. The van der Waals surface area contributed by atoms with Gasteiger partial charge in [0.1, 0.15) is 146 Å². The lowest BCUT2D eigenvalue weighted by Crippen LogP contribution is -2.72. The van der Waals surface area contributed by atoms with Crippen molar-refractivity contribution in [2.75, 3.05) is 39.6 Å². The first kappa shape index (κ1) is 80.7. The predicted molar refractivity (Wildman–Crippen MR) is 329 cm³/mol.